The van der Waals surface area contributed by atoms with E-state index in [1.54, 1.807) is 50.3 Å². The average molecular weight is 581 g/mol. The van der Waals surface area contributed by atoms with Crippen LogP contribution in [-0.4, -0.2) is 35.2 Å². The van der Waals surface area contributed by atoms with Crippen LogP contribution in [0.4, 0.5) is 11.4 Å². The fourth-order valence-electron chi connectivity index (χ4n) is 5.20. The van der Waals surface area contributed by atoms with Gasteiger partial charge in [-0.15, -0.1) is 0 Å². The predicted octanol–water partition coefficient (Wildman–Crippen LogP) is 4.60. The molecule has 11 heteroatoms. The number of ether oxygens (including phenoxy) is 1. The van der Waals surface area contributed by atoms with E-state index in [-0.39, 0.29) is 23.4 Å². The highest BCUT2D eigenvalue weighted by atomic mass is 35.5. The second kappa shape index (κ2) is 11.4. The lowest BCUT2D eigenvalue weighted by molar-refractivity contribution is -0.384. The second-order valence-electron chi connectivity index (χ2n) is 10.0. The van der Waals surface area contributed by atoms with Gasteiger partial charge < -0.3 is 9.64 Å². The summed E-state index contributed by atoms with van der Waals surface area (Å²) in [5, 5.41) is 12.1. The van der Waals surface area contributed by atoms with E-state index in [1.165, 1.54) is 28.0 Å². The van der Waals surface area contributed by atoms with Gasteiger partial charge >= 0.3 is 5.97 Å². The van der Waals surface area contributed by atoms with Crippen molar-refractivity contribution in [3.8, 4) is 0 Å². The minimum absolute atomic E-state index is 0.0485. The number of fused-ring (bicyclic) bond motifs is 1. The molecule has 3 aromatic rings. The highest BCUT2D eigenvalue weighted by Crippen LogP contribution is 2.32. The summed E-state index contributed by atoms with van der Waals surface area (Å²) in [7, 11) is 0. The van der Waals surface area contributed by atoms with Crippen LogP contribution in [0, 0.1) is 16.0 Å². The van der Waals surface area contributed by atoms with Crippen LogP contribution in [-0.2, 0) is 9.53 Å². The quantitative estimate of drug-likeness (QED) is 0.240. The smallest absolute Gasteiger partial charge is 0.338 e. The number of nitro benzene ring substituents is 1. The van der Waals surface area contributed by atoms with E-state index in [1.807, 2.05) is 0 Å². The molecule has 0 aliphatic carbocycles. The predicted molar refractivity (Wildman–Crippen MR) is 156 cm³/mol. The molecule has 40 heavy (non-hydrogen) atoms. The third-order valence-corrected chi connectivity index (χ3v) is 8.57. The molecule has 1 fully saturated rings. The summed E-state index contributed by atoms with van der Waals surface area (Å²) in [4.78, 5) is 45.5. The molecule has 2 aromatic carbocycles. The average Bonchev–Trinajstić information content (AvgIpc) is 3.23. The Morgan fingerprint density at radius 2 is 1.93 bits per heavy atom. The molecule has 1 atom stereocenters. The fraction of sp³-hybridized carbons (Fsp3) is 0.345. The Kier molecular flexibility index (Phi) is 7.91. The molecule has 9 nitrogen and oxygen atoms in total. The molecular formula is C29H29ClN4O5S. The number of rotatable bonds is 6. The third-order valence-electron chi connectivity index (χ3n) is 7.34. The topological polar surface area (TPSA) is 107 Å². The Morgan fingerprint density at radius 3 is 2.58 bits per heavy atom. The molecule has 0 spiro atoms. The van der Waals surface area contributed by atoms with Crippen molar-refractivity contribution >= 4 is 46.4 Å². The van der Waals surface area contributed by atoms with Crippen LogP contribution in [0.1, 0.15) is 50.8 Å². The van der Waals surface area contributed by atoms with Crippen LogP contribution < -0.4 is 19.8 Å². The monoisotopic (exact) mass is 580 g/mol. The van der Waals surface area contributed by atoms with Crippen LogP contribution >= 0.6 is 22.9 Å². The number of non-ortho nitro benzene ring substituents is 1. The summed E-state index contributed by atoms with van der Waals surface area (Å²) in [6, 6.07) is 11.0. The number of benzene rings is 2. The molecule has 0 radical (unpaired) electrons. The van der Waals surface area contributed by atoms with Gasteiger partial charge in [0.15, 0.2) is 4.80 Å². The maximum Gasteiger partial charge on any atom is 0.338 e. The molecule has 3 heterocycles. The molecule has 208 valence electrons. The number of nitrogens with zero attached hydrogens (tertiary/aromatic N) is 4. The molecule has 0 saturated carbocycles. The van der Waals surface area contributed by atoms with Gasteiger partial charge in [0.2, 0.25) is 0 Å². The third kappa shape index (κ3) is 5.33. The molecule has 2 aliphatic rings. The van der Waals surface area contributed by atoms with E-state index >= 15 is 0 Å². The van der Waals surface area contributed by atoms with Gasteiger partial charge in [0.1, 0.15) is 0 Å². The molecule has 2 aliphatic heterocycles. The Morgan fingerprint density at radius 1 is 1.23 bits per heavy atom. The molecule has 0 bridgehead atoms. The van der Waals surface area contributed by atoms with Crippen LogP contribution in [0.5, 0.6) is 0 Å². The first kappa shape index (κ1) is 27.8. The standard InChI is InChI=1S/C29H29ClN4O5S/c1-4-39-28(36)25-18(3)31-29-33(26(25)19-5-7-21(30)8-6-19)27(35)24(40-29)16-20-15-22(34(37)38)9-10-23(20)32-13-11-17(2)12-14-32/h5-10,15-17,26H,4,11-14H2,1-3H3/b24-16+/t26-/m1/s1. The molecule has 0 N–H and O–H groups in total. The number of hydrogen-bond acceptors (Lipinski definition) is 8. The highest BCUT2D eigenvalue weighted by molar-refractivity contribution is 7.07. The lowest BCUT2D eigenvalue weighted by atomic mass is 9.96. The Hall–Kier alpha value is -3.76. The molecule has 0 amide bonds. The van der Waals surface area contributed by atoms with E-state index in [9.17, 15) is 19.7 Å². The van der Waals surface area contributed by atoms with Gasteiger partial charge in [-0.25, -0.2) is 9.79 Å². The highest BCUT2D eigenvalue weighted by Gasteiger charge is 2.33. The largest absolute Gasteiger partial charge is 0.463 e. The summed E-state index contributed by atoms with van der Waals surface area (Å²) in [6.45, 7) is 7.51. The number of esters is 1. The number of hydrogen-bond donors (Lipinski definition) is 0. The SMILES string of the molecule is CCOC(=O)C1=C(C)N=c2s/c(=C/c3cc([N+](=O)[O-])ccc3N3CCC(C)CC3)c(=O)n2[C@@H]1c1ccc(Cl)cc1. The lowest BCUT2D eigenvalue weighted by Gasteiger charge is -2.33. The second-order valence-corrected chi connectivity index (χ2v) is 11.5. The fourth-order valence-corrected chi connectivity index (χ4v) is 6.37. The van der Waals surface area contributed by atoms with E-state index in [0.717, 1.165) is 31.6 Å². The van der Waals surface area contributed by atoms with Crippen molar-refractivity contribution in [2.45, 2.75) is 39.7 Å². The zero-order chi connectivity index (χ0) is 28.6. The normalized spacial score (nSPS) is 17.9. The van der Waals surface area contributed by atoms with Crippen molar-refractivity contribution < 1.29 is 14.5 Å². The van der Waals surface area contributed by atoms with Crippen molar-refractivity contribution in [2.75, 3.05) is 24.6 Å². The van der Waals surface area contributed by atoms with Crippen molar-refractivity contribution in [1.29, 1.82) is 0 Å². The maximum absolute atomic E-state index is 14.0. The molecule has 1 aromatic heterocycles. The van der Waals surface area contributed by atoms with Crippen molar-refractivity contribution in [3.63, 3.8) is 0 Å². The summed E-state index contributed by atoms with van der Waals surface area (Å²) in [6.07, 6.45) is 3.75. The number of anilines is 1. The van der Waals surface area contributed by atoms with Crippen LogP contribution in [0.3, 0.4) is 0 Å². The van der Waals surface area contributed by atoms with Crippen LogP contribution in [0.2, 0.25) is 5.02 Å². The number of piperidine rings is 1. The summed E-state index contributed by atoms with van der Waals surface area (Å²) < 4.78 is 7.20. The van der Waals surface area contributed by atoms with E-state index in [0.29, 0.717) is 37.1 Å². The molecule has 5 rings (SSSR count). The number of halogens is 1. The number of carbonyl (C=O) groups excluding carboxylic acids is 1. The zero-order valence-corrected chi connectivity index (χ0v) is 24.0. The minimum Gasteiger partial charge on any atom is -0.463 e. The minimum atomic E-state index is -0.761. The number of thiazole rings is 1. The summed E-state index contributed by atoms with van der Waals surface area (Å²) >= 11 is 7.32. The van der Waals surface area contributed by atoms with E-state index in [4.69, 9.17) is 16.3 Å². The van der Waals surface area contributed by atoms with Crippen molar-refractivity contribution in [2.24, 2.45) is 10.9 Å². The van der Waals surface area contributed by atoms with Gasteiger partial charge in [-0.05, 0) is 62.4 Å². The van der Waals surface area contributed by atoms with Gasteiger partial charge in [-0.2, -0.15) is 0 Å². The van der Waals surface area contributed by atoms with E-state index in [2.05, 4.69) is 16.8 Å². The molecule has 0 unspecified atom stereocenters. The van der Waals surface area contributed by atoms with Crippen molar-refractivity contribution in [1.82, 2.24) is 4.57 Å². The number of allylic oxidation sites excluding steroid dienone is 1. The van der Waals surface area contributed by atoms with Gasteiger partial charge in [0, 0.05) is 41.5 Å². The van der Waals surface area contributed by atoms with Crippen LogP contribution in [0.25, 0.3) is 6.08 Å². The van der Waals surface area contributed by atoms with Gasteiger partial charge in [-0.3, -0.25) is 19.5 Å². The van der Waals surface area contributed by atoms with Gasteiger partial charge in [0.25, 0.3) is 11.2 Å². The zero-order valence-electron chi connectivity index (χ0n) is 22.4. The van der Waals surface area contributed by atoms with Gasteiger partial charge in [0.05, 0.1) is 33.4 Å². The number of carbonyl (C=O) groups is 1. The van der Waals surface area contributed by atoms with E-state index < -0.39 is 16.9 Å². The summed E-state index contributed by atoms with van der Waals surface area (Å²) in [5.41, 5.74) is 2.48. The Balaban J connectivity index is 1.70. The summed E-state index contributed by atoms with van der Waals surface area (Å²) in [5.74, 6) is 0.0735. The first-order valence-electron chi connectivity index (χ1n) is 13.2. The first-order chi connectivity index (χ1) is 19.2. The van der Waals surface area contributed by atoms with Crippen LogP contribution in [0.15, 0.2) is 63.5 Å². The lowest BCUT2D eigenvalue weighted by Crippen LogP contribution is -2.40. The Labute approximate surface area is 239 Å². The first-order valence-corrected chi connectivity index (χ1v) is 14.4. The number of aromatic nitrogens is 1. The number of nitro groups is 1. The molecular weight excluding hydrogens is 552 g/mol. The Bertz CT molecular complexity index is 1680. The van der Waals surface area contributed by atoms with Crippen molar-refractivity contribution in [3.05, 3.63) is 99.7 Å². The maximum atomic E-state index is 14.0. The van der Waals surface area contributed by atoms with Gasteiger partial charge in [-0.1, -0.05) is 42.0 Å². The molecule has 1 saturated heterocycles.